The topological polar surface area (TPSA) is 101 Å². The SMILES string of the molecule is CN1C(=O)[C@@H](NC(=O)OC(C)(C)C)COc2ccc(OCCN3CCC(C)(O)CC3)cc21. The van der Waals surface area contributed by atoms with Gasteiger partial charge < -0.3 is 29.5 Å². The smallest absolute Gasteiger partial charge is 0.408 e. The number of alkyl carbamates (subject to hydrolysis) is 1. The van der Waals surface area contributed by atoms with Gasteiger partial charge in [-0.15, -0.1) is 0 Å². The number of hydrogen-bond donors (Lipinski definition) is 2. The van der Waals surface area contributed by atoms with Gasteiger partial charge in [-0.2, -0.15) is 0 Å². The van der Waals surface area contributed by atoms with Crippen LogP contribution in [0.1, 0.15) is 40.5 Å². The van der Waals surface area contributed by atoms with Crippen LogP contribution in [0.25, 0.3) is 0 Å². The summed E-state index contributed by atoms with van der Waals surface area (Å²) in [6, 6.07) is 4.48. The molecule has 1 saturated heterocycles. The van der Waals surface area contributed by atoms with Crippen LogP contribution in [0.3, 0.4) is 0 Å². The number of carbonyl (C=O) groups is 2. The van der Waals surface area contributed by atoms with Crippen molar-refractivity contribution in [1.82, 2.24) is 10.2 Å². The van der Waals surface area contributed by atoms with Gasteiger partial charge in [-0.1, -0.05) is 0 Å². The second-order valence-electron chi connectivity index (χ2n) is 9.72. The maximum absolute atomic E-state index is 12.9. The molecule has 0 unspecified atom stereocenters. The van der Waals surface area contributed by atoms with Crippen LogP contribution < -0.4 is 19.7 Å². The van der Waals surface area contributed by atoms with E-state index in [1.807, 2.05) is 6.92 Å². The Labute approximate surface area is 189 Å². The number of anilines is 1. The van der Waals surface area contributed by atoms with E-state index in [9.17, 15) is 14.7 Å². The minimum Gasteiger partial charge on any atom is -0.492 e. The second-order valence-corrected chi connectivity index (χ2v) is 9.72. The number of amides is 2. The molecule has 2 amide bonds. The number of piperidine rings is 1. The van der Waals surface area contributed by atoms with Crippen molar-refractivity contribution in [3.05, 3.63) is 18.2 Å². The zero-order valence-corrected chi connectivity index (χ0v) is 19.6. The number of likely N-dealkylation sites (N-methyl/N-ethyl adjacent to an activating group) is 1. The number of benzene rings is 1. The van der Waals surface area contributed by atoms with E-state index in [0.717, 1.165) is 32.5 Å². The summed E-state index contributed by atoms with van der Waals surface area (Å²) < 4.78 is 16.9. The number of ether oxygens (including phenoxy) is 3. The first-order chi connectivity index (χ1) is 14.9. The summed E-state index contributed by atoms with van der Waals surface area (Å²) in [6.07, 6.45) is 0.852. The highest BCUT2D eigenvalue weighted by Gasteiger charge is 2.32. The number of fused-ring (bicyclic) bond motifs is 1. The monoisotopic (exact) mass is 449 g/mol. The fraction of sp³-hybridized carbons (Fsp3) is 0.652. The fourth-order valence-electron chi connectivity index (χ4n) is 3.67. The van der Waals surface area contributed by atoms with E-state index in [4.69, 9.17) is 14.2 Å². The minimum atomic E-state index is -0.858. The number of aliphatic hydroxyl groups is 1. The van der Waals surface area contributed by atoms with Gasteiger partial charge in [0.1, 0.15) is 36.4 Å². The maximum Gasteiger partial charge on any atom is 0.408 e. The lowest BCUT2D eigenvalue weighted by atomic mass is 9.94. The van der Waals surface area contributed by atoms with E-state index in [1.54, 1.807) is 46.0 Å². The number of carbonyl (C=O) groups excluding carboxylic acids is 2. The Bertz CT molecular complexity index is 826. The molecule has 0 saturated carbocycles. The average molecular weight is 450 g/mol. The molecule has 0 bridgehead atoms. The molecule has 9 heteroatoms. The van der Waals surface area contributed by atoms with Gasteiger partial charge in [-0.25, -0.2) is 4.79 Å². The first-order valence-electron chi connectivity index (χ1n) is 11.0. The van der Waals surface area contributed by atoms with Crippen LogP contribution in [0.5, 0.6) is 11.5 Å². The molecular weight excluding hydrogens is 414 g/mol. The average Bonchev–Trinajstić information content (AvgIpc) is 2.80. The number of nitrogens with one attached hydrogen (secondary N) is 1. The van der Waals surface area contributed by atoms with Crippen LogP contribution in [-0.4, -0.2) is 79.1 Å². The first kappa shape index (κ1) is 24.1. The molecule has 178 valence electrons. The Kier molecular flexibility index (Phi) is 7.19. The summed E-state index contributed by atoms with van der Waals surface area (Å²) >= 11 is 0. The molecule has 2 heterocycles. The molecule has 0 spiro atoms. The lowest BCUT2D eigenvalue weighted by Crippen LogP contribution is -2.50. The number of rotatable bonds is 5. The van der Waals surface area contributed by atoms with Crippen molar-refractivity contribution < 1.29 is 28.9 Å². The lowest BCUT2D eigenvalue weighted by molar-refractivity contribution is -0.120. The molecule has 32 heavy (non-hydrogen) atoms. The predicted octanol–water partition coefficient (Wildman–Crippen LogP) is 2.16. The molecule has 2 N–H and O–H groups in total. The van der Waals surface area contributed by atoms with Crippen LogP contribution >= 0.6 is 0 Å². The van der Waals surface area contributed by atoms with Gasteiger partial charge in [0.25, 0.3) is 5.91 Å². The summed E-state index contributed by atoms with van der Waals surface area (Å²) in [4.78, 5) is 28.7. The van der Waals surface area contributed by atoms with Crippen LogP contribution in [0.2, 0.25) is 0 Å². The summed E-state index contributed by atoms with van der Waals surface area (Å²) in [5, 5.41) is 12.7. The van der Waals surface area contributed by atoms with Gasteiger partial charge in [0.2, 0.25) is 0 Å². The number of likely N-dealkylation sites (tertiary alicyclic amines) is 1. The first-order valence-corrected chi connectivity index (χ1v) is 11.0. The Hall–Kier alpha value is -2.52. The predicted molar refractivity (Wildman–Crippen MR) is 120 cm³/mol. The van der Waals surface area contributed by atoms with E-state index < -0.39 is 23.3 Å². The van der Waals surface area contributed by atoms with Crippen LogP contribution in [0, 0.1) is 0 Å². The van der Waals surface area contributed by atoms with E-state index >= 15 is 0 Å². The normalized spacial score (nSPS) is 21.2. The summed E-state index contributed by atoms with van der Waals surface area (Å²) in [5.41, 5.74) is -0.650. The molecule has 9 nitrogen and oxygen atoms in total. The van der Waals surface area contributed by atoms with E-state index in [0.29, 0.717) is 23.8 Å². The van der Waals surface area contributed by atoms with Gasteiger partial charge in [0.15, 0.2) is 0 Å². The molecule has 1 fully saturated rings. The Morgan fingerprint density at radius 1 is 1.31 bits per heavy atom. The third-order valence-corrected chi connectivity index (χ3v) is 5.63. The molecule has 3 rings (SSSR count). The van der Waals surface area contributed by atoms with Crippen LogP contribution in [-0.2, 0) is 9.53 Å². The number of nitrogens with zero attached hydrogens (tertiary/aromatic N) is 2. The van der Waals surface area contributed by atoms with Gasteiger partial charge in [0, 0.05) is 32.7 Å². The van der Waals surface area contributed by atoms with Crippen molar-refractivity contribution in [2.45, 2.75) is 57.8 Å². The summed E-state index contributed by atoms with van der Waals surface area (Å²) in [5.74, 6) is 0.877. The van der Waals surface area contributed by atoms with Crippen LogP contribution in [0.4, 0.5) is 10.5 Å². The third kappa shape index (κ3) is 6.49. The quantitative estimate of drug-likeness (QED) is 0.710. The van der Waals surface area contributed by atoms with Crippen molar-refractivity contribution in [2.75, 3.05) is 44.8 Å². The summed E-state index contributed by atoms with van der Waals surface area (Å²) in [6.45, 7) is 10.1. The minimum absolute atomic E-state index is 0.00829. The van der Waals surface area contributed by atoms with Crippen molar-refractivity contribution in [1.29, 1.82) is 0 Å². The van der Waals surface area contributed by atoms with Crippen LogP contribution in [0.15, 0.2) is 18.2 Å². The molecule has 2 aliphatic rings. The highest BCUT2D eigenvalue weighted by Crippen LogP contribution is 2.34. The molecule has 2 aliphatic heterocycles. The highest BCUT2D eigenvalue weighted by molar-refractivity contribution is 6.00. The van der Waals surface area contributed by atoms with E-state index in [2.05, 4.69) is 10.2 Å². The van der Waals surface area contributed by atoms with Gasteiger partial charge in [-0.05, 0) is 52.7 Å². The molecule has 0 aliphatic carbocycles. The van der Waals surface area contributed by atoms with E-state index in [-0.39, 0.29) is 12.5 Å². The lowest BCUT2D eigenvalue weighted by Gasteiger charge is -2.35. The van der Waals surface area contributed by atoms with E-state index in [1.165, 1.54) is 4.90 Å². The third-order valence-electron chi connectivity index (χ3n) is 5.63. The van der Waals surface area contributed by atoms with Crippen molar-refractivity contribution >= 4 is 17.7 Å². The largest absolute Gasteiger partial charge is 0.492 e. The summed E-state index contributed by atoms with van der Waals surface area (Å²) in [7, 11) is 1.64. The van der Waals surface area contributed by atoms with Gasteiger partial charge in [-0.3, -0.25) is 9.69 Å². The molecule has 0 aromatic heterocycles. The van der Waals surface area contributed by atoms with Gasteiger partial charge in [0.05, 0.1) is 11.3 Å². The molecule has 1 aromatic carbocycles. The highest BCUT2D eigenvalue weighted by atomic mass is 16.6. The molecule has 1 aromatic rings. The fourth-order valence-corrected chi connectivity index (χ4v) is 3.67. The molecule has 0 radical (unpaired) electrons. The van der Waals surface area contributed by atoms with Crippen molar-refractivity contribution in [3.63, 3.8) is 0 Å². The Balaban J connectivity index is 1.57. The van der Waals surface area contributed by atoms with Gasteiger partial charge >= 0.3 is 6.09 Å². The number of hydrogen-bond acceptors (Lipinski definition) is 7. The Morgan fingerprint density at radius 2 is 2.00 bits per heavy atom. The zero-order valence-electron chi connectivity index (χ0n) is 19.6. The standard InChI is InChI=1S/C23H35N3O6/c1-22(2,3)32-21(28)24-17-15-31-19-7-6-16(14-18(19)25(5)20(17)27)30-13-12-26-10-8-23(4,29)9-11-26/h6-7,14,17,29H,8-13,15H2,1-5H3,(H,24,28)/t17-/m0/s1. The van der Waals surface area contributed by atoms with Crippen molar-refractivity contribution in [2.24, 2.45) is 0 Å². The zero-order chi connectivity index (χ0) is 23.5. The second kappa shape index (κ2) is 9.54. The molecular formula is C23H35N3O6. The Morgan fingerprint density at radius 3 is 2.66 bits per heavy atom. The van der Waals surface area contributed by atoms with Crippen molar-refractivity contribution in [3.8, 4) is 11.5 Å². The maximum atomic E-state index is 12.9. The molecule has 1 atom stereocenters.